The van der Waals surface area contributed by atoms with Crippen LogP contribution in [0.25, 0.3) is 0 Å². The zero-order valence-corrected chi connectivity index (χ0v) is 17.9. The molecule has 2 aliphatic carbocycles. The topological polar surface area (TPSA) is 56.8 Å². The molecule has 1 aromatic heterocycles. The standard InChI is InChI=1S/C24H34N4O2/c29-23(19-5-6-19)26-13-9-21(10-14-26)27-12-2-4-20(17-27)24(30)28(22-7-8-22)16-18-3-1-11-25-15-18/h1,3,11,15,19-22H,2,4-10,12-14,16-17H2. The third-order valence-corrected chi connectivity index (χ3v) is 7.37. The molecule has 2 amide bonds. The van der Waals surface area contributed by atoms with E-state index in [9.17, 15) is 9.59 Å². The highest BCUT2D eigenvalue weighted by Gasteiger charge is 2.40. The minimum Gasteiger partial charge on any atom is -0.342 e. The van der Waals surface area contributed by atoms with Gasteiger partial charge in [0.15, 0.2) is 0 Å². The Morgan fingerprint density at radius 2 is 1.80 bits per heavy atom. The van der Waals surface area contributed by atoms with Crippen LogP contribution in [0.15, 0.2) is 24.5 Å². The molecule has 0 aromatic carbocycles. The van der Waals surface area contributed by atoms with Crippen molar-refractivity contribution in [1.82, 2.24) is 19.7 Å². The van der Waals surface area contributed by atoms with Crippen LogP contribution >= 0.6 is 0 Å². The number of hydrogen-bond acceptors (Lipinski definition) is 4. The maximum absolute atomic E-state index is 13.5. The Kier molecular flexibility index (Phi) is 5.77. The first-order valence-corrected chi connectivity index (χ1v) is 11.9. The second-order valence-corrected chi connectivity index (χ2v) is 9.72. The molecule has 2 saturated carbocycles. The van der Waals surface area contributed by atoms with E-state index in [0.29, 0.717) is 36.4 Å². The van der Waals surface area contributed by atoms with Gasteiger partial charge < -0.3 is 9.80 Å². The molecular weight excluding hydrogens is 376 g/mol. The molecule has 1 atom stereocenters. The molecule has 4 aliphatic rings. The summed E-state index contributed by atoms with van der Waals surface area (Å²) in [6.45, 7) is 4.46. The molecule has 2 saturated heterocycles. The van der Waals surface area contributed by atoms with Crippen molar-refractivity contribution in [2.45, 2.75) is 70.0 Å². The van der Waals surface area contributed by atoms with E-state index in [2.05, 4.69) is 25.8 Å². The lowest BCUT2D eigenvalue weighted by Crippen LogP contribution is -2.52. The molecule has 30 heavy (non-hydrogen) atoms. The van der Waals surface area contributed by atoms with E-state index in [0.717, 1.165) is 83.1 Å². The number of carbonyl (C=O) groups excluding carboxylic acids is 2. The van der Waals surface area contributed by atoms with Crippen LogP contribution in [0.2, 0.25) is 0 Å². The number of rotatable bonds is 6. The Morgan fingerprint density at radius 3 is 2.47 bits per heavy atom. The van der Waals surface area contributed by atoms with Gasteiger partial charge in [-0.2, -0.15) is 0 Å². The normalized spacial score (nSPS) is 25.9. The number of piperidine rings is 2. The van der Waals surface area contributed by atoms with E-state index < -0.39 is 0 Å². The van der Waals surface area contributed by atoms with Crippen molar-refractivity contribution >= 4 is 11.8 Å². The largest absolute Gasteiger partial charge is 0.342 e. The highest BCUT2D eigenvalue weighted by molar-refractivity contribution is 5.81. The lowest BCUT2D eigenvalue weighted by Gasteiger charge is -2.42. The molecule has 1 unspecified atom stereocenters. The number of pyridine rings is 1. The summed E-state index contributed by atoms with van der Waals surface area (Å²) in [7, 11) is 0. The quantitative estimate of drug-likeness (QED) is 0.724. The van der Waals surface area contributed by atoms with Crippen molar-refractivity contribution in [3.05, 3.63) is 30.1 Å². The minimum atomic E-state index is 0.113. The van der Waals surface area contributed by atoms with Crippen molar-refractivity contribution in [2.75, 3.05) is 26.2 Å². The van der Waals surface area contributed by atoms with Crippen molar-refractivity contribution in [3.63, 3.8) is 0 Å². The molecular formula is C24H34N4O2. The van der Waals surface area contributed by atoms with E-state index in [1.54, 1.807) is 6.20 Å². The van der Waals surface area contributed by atoms with Crippen LogP contribution < -0.4 is 0 Å². The van der Waals surface area contributed by atoms with E-state index in [1.165, 1.54) is 0 Å². The number of hydrogen-bond donors (Lipinski definition) is 0. The predicted octanol–water partition coefficient (Wildman–Crippen LogP) is 2.69. The summed E-state index contributed by atoms with van der Waals surface area (Å²) in [5, 5.41) is 0. The minimum absolute atomic E-state index is 0.113. The van der Waals surface area contributed by atoms with Gasteiger partial charge in [0, 0.05) is 56.6 Å². The highest BCUT2D eigenvalue weighted by atomic mass is 16.2. The zero-order chi connectivity index (χ0) is 20.5. The molecule has 5 rings (SSSR count). The summed E-state index contributed by atoms with van der Waals surface area (Å²) in [6.07, 6.45) is 12.3. The van der Waals surface area contributed by atoms with Crippen molar-refractivity contribution in [1.29, 1.82) is 0 Å². The molecule has 0 N–H and O–H groups in total. The van der Waals surface area contributed by atoms with Gasteiger partial charge in [0.1, 0.15) is 0 Å². The van der Waals surface area contributed by atoms with Gasteiger partial charge in [0.2, 0.25) is 11.8 Å². The summed E-state index contributed by atoms with van der Waals surface area (Å²) in [5.41, 5.74) is 1.12. The van der Waals surface area contributed by atoms with Crippen LogP contribution in [0.1, 0.15) is 56.9 Å². The fourth-order valence-corrected chi connectivity index (χ4v) is 5.28. The molecule has 1 aromatic rings. The lowest BCUT2D eigenvalue weighted by atomic mass is 9.92. The van der Waals surface area contributed by atoms with Gasteiger partial charge >= 0.3 is 0 Å². The van der Waals surface area contributed by atoms with Gasteiger partial charge in [0.05, 0.1) is 5.92 Å². The molecule has 6 heteroatoms. The fourth-order valence-electron chi connectivity index (χ4n) is 5.28. The molecule has 0 spiro atoms. The van der Waals surface area contributed by atoms with E-state index in [1.807, 2.05) is 12.3 Å². The lowest BCUT2D eigenvalue weighted by molar-refractivity contribution is -0.139. The maximum atomic E-state index is 13.5. The second-order valence-electron chi connectivity index (χ2n) is 9.72. The molecule has 2 aliphatic heterocycles. The first kappa shape index (κ1) is 20.0. The van der Waals surface area contributed by atoms with Gasteiger partial charge in [-0.3, -0.25) is 19.5 Å². The molecule has 6 nitrogen and oxygen atoms in total. The third-order valence-electron chi connectivity index (χ3n) is 7.37. The smallest absolute Gasteiger partial charge is 0.227 e. The Hall–Kier alpha value is -1.95. The van der Waals surface area contributed by atoms with E-state index in [-0.39, 0.29) is 5.92 Å². The van der Waals surface area contributed by atoms with Gasteiger partial charge in [-0.05, 0) is 69.5 Å². The van der Waals surface area contributed by atoms with Gasteiger partial charge in [-0.1, -0.05) is 6.07 Å². The summed E-state index contributed by atoms with van der Waals surface area (Å²) in [6, 6.07) is 4.97. The predicted molar refractivity (Wildman–Crippen MR) is 114 cm³/mol. The SMILES string of the molecule is O=C(C1CC1)N1CCC(N2CCCC(C(=O)N(Cc3cccnc3)C3CC3)C2)CC1. The van der Waals surface area contributed by atoms with Crippen molar-refractivity contribution < 1.29 is 9.59 Å². The Labute approximate surface area is 179 Å². The first-order valence-electron chi connectivity index (χ1n) is 11.9. The average Bonchev–Trinajstić information content (AvgIpc) is 3.71. The Bertz CT molecular complexity index is 754. The van der Waals surface area contributed by atoms with Crippen LogP contribution in [-0.2, 0) is 16.1 Å². The number of aromatic nitrogens is 1. The molecule has 4 fully saturated rings. The molecule has 0 bridgehead atoms. The molecule has 162 valence electrons. The van der Waals surface area contributed by atoms with Crippen LogP contribution in [-0.4, -0.2) is 69.8 Å². The molecule has 3 heterocycles. The fraction of sp³-hybridized carbons (Fsp3) is 0.708. The second kappa shape index (κ2) is 8.66. The average molecular weight is 411 g/mol. The van der Waals surface area contributed by atoms with Crippen LogP contribution in [0.4, 0.5) is 0 Å². The maximum Gasteiger partial charge on any atom is 0.227 e. The van der Waals surface area contributed by atoms with Gasteiger partial charge in [0.25, 0.3) is 0 Å². The van der Waals surface area contributed by atoms with Gasteiger partial charge in [-0.25, -0.2) is 0 Å². The number of nitrogens with zero attached hydrogens (tertiary/aromatic N) is 4. The van der Waals surface area contributed by atoms with Crippen LogP contribution in [0.3, 0.4) is 0 Å². The molecule has 0 radical (unpaired) electrons. The van der Waals surface area contributed by atoms with Crippen molar-refractivity contribution in [2.24, 2.45) is 11.8 Å². The summed E-state index contributed by atoms with van der Waals surface area (Å²) >= 11 is 0. The summed E-state index contributed by atoms with van der Waals surface area (Å²) in [5.74, 6) is 1.16. The van der Waals surface area contributed by atoms with Crippen LogP contribution in [0.5, 0.6) is 0 Å². The monoisotopic (exact) mass is 410 g/mol. The summed E-state index contributed by atoms with van der Waals surface area (Å²) < 4.78 is 0. The number of likely N-dealkylation sites (tertiary alicyclic amines) is 2. The highest BCUT2D eigenvalue weighted by Crippen LogP contribution is 2.34. The number of amides is 2. The Balaban J connectivity index is 1.17. The number of carbonyl (C=O) groups is 2. The third kappa shape index (κ3) is 4.53. The first-order chi connectivity index (χ1) is 14.7. The summed E-state index contributed by atoms with van der Waals surface area (Å²) in [4.78, 5) is 36.8. The van der Waals surface area contributed by atoms with E-state index >= 15 is 0 Å². The van der Waals surface area contributed by atoms with Gasteiger partial charge in [-0.15, -0.1) is 0 Å². The van der Waals surface area contributed by atoms with Crippen LogP contribution in [0, 0.1) is 11.8 Å². The van der Waals surface area contributed by atoms with Crippen molar-refractivity contribution in [3.8, 4) is 0 Å². The van der Waals surface area contributed by atoms with E-state index in [4.69, 9.17) is 0 Å². The zero-order valence-electron chi connectivity index (χ0n) is 17.9. The Morgan fingerprint density at radius 1 is 1.00 bits per heavy atom.